The van der Waals surface area contributed by atoms with Gasteiger partial charge < -0.3 is 5.73 Å². The minimum absolute atomic E-state index is 0.134. The molecule has 0 radical (unpaired) electrons. The molecule has 0 bridgehead atoms. The van der Waals surface area contributed by atoms with Crippen LogP contribution in [0.4, 0.5) is 0 Å². The molecule has 0 spiro atoms. The van der Waals surface area contributed by atoms with Gasteiger partial charge in [0.25, 0.3) is 0 Å². The van der Waals surface area contributed by atoms with Crippen molar-refractivity contribution in [2.24, 2.45) is 5.73 Å². The van der Waals surface area contributed by atoms with Gasteiger partial charge in [0.15, 0.2) is 0 Å². The first-order valence-corrected chi connectivity index (χ1v) is 7.25. The van der Waals surface area contributed by atoms with Gasteiger partial charge in [-0.05, 0) is 31.9 Å². The number of piperazine rings is 1. The van der Waals surface area contributed by atoms with Crippen molar-refractivity contribution >= 4 is 0 Å². The average molecular weight is 261 g/mol. The van der Waals surface area contributed by atoms with E-state index in [1.54, 1.807) is 0 Å². The second kappa shape index (κ2) is 6.04. The molecule has 1 saturated heterocycles. The van der Waals surface area contributed by atoms with E-state index in [1.807, 2.05) is 0 Å². The summed E-state index contributed by atoms with van der Waals surface area (Å²) in [6.45, 7) is 13.0. The number of hydrogen-bond acceptors (Lipinski definition) is 3. The maximum Gasteiger partial charge on any atom is 0.0276 e. The highest BCUT2D eigenvalue weighted by atomic mass is 15.3. The van der Waals surface area contributed by atoms with Gasteiger partial charge in [0.05, 0.1) is 0 Å². The van der Waals surface area contributed by atoms with E-state index in [0.29, 0.717) is 0 Å². The minimum Gasteiger partial charge on any atom is -0.329 e. The molecule has 1 aliphatic rings. The molecule has 1 aromatic rings. The Labute approximate surface area is 117 Å². The van der Waals surface area contributed by atoms with Gasteiger partial charge in [0.1, 0.15) is 0 Å². The number of aryl methyl sites for hydroxylation is 1. The third-order valence-corrected chi connectivity index (χ3v) is 4.38. The largest absolute Gasteiger partial charge is 0.329 e. The molecule has 19 heavy (non-hydrogen) atoms. The first kappa shape index (κ1) is 14.5. The van der Waals surface area contributed by atoms with Crippen molar-refractivity contribution in [3.63, 3.8) is 0 Å². The predicted octanol–water partition coefficient (Wildman–Crippen LogP) is 1.85. The molecule has 1 fully saturated rings. The zero-order chi connectivity index (χ0) is 13.9. The Hall–Kier alpha value is -0.900. The summed E-state index contributed by atoms with van der Waals surface area (Å²) >= 11 is 0. The normalized spacial score (nSPS) is 18.7. The number of hydrogen-bond donors (Lipinski definition) is 1. The molecule has 0 amide bonds. The molecule has 0 atom stereocenters. The van der Waals surface area contributed by atoms with Crippen LogP contribution in [0, 0.1) is 6.92 Å². The molecule has 0 aromatic heterocycles. The van der Waals surface area contributed by atoms with Crippen molar-refractivity contribution in [1.29, 1.82) is 0 Å². The monoisotopic (exact) mass is 261 g/mol. The van der Waals surface area contributed by atoms with Crippen LogP contribution < -0.4 is 5.73 Å². The van der Waals surface area contributed by atoms with Crippen LogP contribution in [-0.2, 0) is 6.54 Å². The van der Waals surface area contributed by atoms with Crippen LogP contribution in [0.3, 0.4) is 0 Å². The minimum atomic E-state index is 0.134. The van der Waals surface area contributed by atoms with Crippen molar-refractivity contribution in [2.45, 2.75) is 32.9 Å². The van der Waals surface area contributed by atoms with Crippen LogP contribution >= 0.6 is 0 Å². The molecule has 0 aliphatic carbocycles. The van der Waals surface area contributed by atoms with Gasteiger partial charge in [0, 0.05) is 44.8 Å². The van der Waals surface area contributed by atoms with E-state index in [2.05, 4.69) is 54.8 Å². The standard InChI is InChI=1S/C16H27N3/c1-14-6-4-5-7-15(14)12-18-8-10-19(11-9-18)16(2,3)13-17/h4-7H,8-13,17H2,1-3H3. The molecule has 0 saturated carbocycles. The second-order valence-corrected chi connectivity index (χ2v) is 6.21. The molecule has 2 rings (SSSR count). The van der Waals surface area contributed by atoms with Crippen LogP contribution in [-0.4, -0.2) is 48.1 Å². The van der Waals surface area contributed by atoms with E-state index in [4.69, 9.17) is 5.73 Å². The topological polar surface area (TPSA) is 32.5 Å². The Morgan fingerprint density at radius 2 is 1.74 bits per heavy atom. The van der Waals surface area contributed by atoms with Crippen molar-refractivity contribution in [3.05, 3.63) is 35.4 Å². The van der Waals surface area contributed by atoms with E-state index < -0.39 is 0 Å². The van der Waals surface area contributed by atoms with E-state index >= 15 is 0 Å². The van der Waals surface area contributed by atoms with Gasteiger partial charge in [0.2, 0.25) is 0 Å². The van der Waals surface area contributed by atoms with Crippen molar-refractivity contribution in [1.82, 2.24) is 9.80 Å². The quantitative estimate of drug-likeness (QED) is 0.898. The average Bonchev–Trinajstić information content (AvgIpc) is 2.42. The van der Waals surface area contributed by atoms with Crippen LogP contribution in [0.5, 0.6) is 0 Å². The van der Waals surface area contributed by atoms with Gasteiger partial charge in [-0.2, -0.15) is 0 Å². The molecular weight excluding hydrogens is 234 g/mol. The Kier molecular flexibility index (Phi) is 4.61. The fourth-order valence-electron chi connectivity index (χ4n) is 2.67. The fraction of sp³-hybridized carbons (Fsp3) is 0.625. The first-order valence-electron chi connectivity index (χ1n) is 7.25. The van der Waals surface area contributed by atoms with Gasteiger partial charge in [-0.3, -0.25) is 9.80 Å². The zero-order valence-electron chi connectivity index (χ0n) is 12.5. The fourth-order valence-corrected chi connectivity index (χ4v) is 2.67. The van der Waals surface area contributed by atoms with E-state index in [-0.39, 0.29) is 5.54 Å². The first-order chi connectivity index (χ1) is 9.03. The van der Waals surface area contributed by atoms with Crippen molar-refractivity contribution < 1.29 is 0 Å². The lowest BCUT2D eigenvalue weighted by atomic mass is 10.0. The van der Waals surface area contributed by atoms with E-state index in [0.717, 1.165) is 39.3 Å². The van der Waals surface area contributed by atoms with Gasteiger partial charge in [-0.15, -0.1) is 0 Å². The second-order valence-electron chi connectivity index (χ2n) is 6.21. The summed E-state index contributed by atoms with van der Waals surface area (Å²) < 4.78 is 0. The Balaban J connectivity index is 1.89. The van der Waals surface area contributed by atoms with Crippen LogP contribution in [0.2, 0.25) is 0 Å². The number of benzene rings is 1. The molecule has 2 N–H and O–H groups in total. The Morgan fingerprint density at radius 3 is 2.32 bits per heavy atom. The summed E-state index contributed by atoms with van der Waals surface area (Å²) in [5.74, 6) is 0. The summed E-state index contributed by atoms with van der Waals surface area (Å²) in [4.78, 5) is 5.06. The molecule has 1 aromatic carbocycles. The third-order valence-electron chi connectivity index (χ3n) is 4.38. The highest BCUT2D eigenvalue weighted by Gasteiger charge is 2.28. The summed E-state index contributed by atoms with van der Waals surface area (Å²) in [5, 5.41) is 0. The maximum atomic E-state index is 5.86. The molecule has 3 heteroatoms. The third kappa shape index (κ3) is 3.56. The Bertz CT molecular complexity index is 406. The summed E-state index contributed by atoms with van der Waals surface area (Å²) in [6, 6.07) is 8.69. The molecule has 0 unspecified atom stereocenters. The molecule has 1 heterocycles. The van der Waals surface area contributed by atoms with Crippen molar-refractivity contribution in [3.8, 4) is 0 Å². The Morgan fingerprint density at radius 1 is 1.11 bits per heavy atom. The number of nitrogens with zero attached hydrogens (tertiary/aromatic N) is 2. The summed E-state index contributed by atoms with van der Waals surface area (Å²) in [5.41, 5.74) is 8.84. The smallest absolute Gasteiger partial charge is 0.0276 e. The highest BCUT2D eigenvalue weighted by Crippen LogP contribution is 2.17. The molecule has 3 nitrogen and oxygen atoms in total. The van der Waals surface area contributed by atoms with E-state index in [9.17, 15) is 0 Å². The lowest BCUT2D eigenvalue weighted by Crippen LogP contribution is -2.57. The van der Waals surface area contributed by atoms with Gasteiger partial charge in [-0.1, -0.05) is 24.3 Å². The lowest BCUT2D eigenvalue weighted by Gasteiger charge is -2.43. The lowest BCUT2D eigenvalue weighted by molar-refractivity contribution is 0.0537. The van der Waals surface area contributed by atoms with Crippen LogP contribution in [0.25, 0.3) is 0 Å². The SMILES string of the molecule is Cc1ccccc1CN1CCN(C(C)(C)CN)CC1. The zero-order valence-corrected chi connectivity index (χ0v) is 12.5. The predicted molar refractivity (Wildman–Crippen MR) is 81.2 cm³/mol. The van der Waals surface area contributed by atoms with Crippen LogP contribution in [0.15, 0.2) is 24.3 Å². The highest BCUT2D eigenvalue weighted by molar-refractivity contribution is 5.25. The summed E-state index contributed by atoms with van der Waals surface area (Å²) in [7, 11) is 0. The molecule has 1 aliphatic heterocycles. The van der Waals surface area contributed by atoms with Gasteiger partial charge in [-0.25, -0.2) is 0 Å². The number of nitrogens with two attached hydrogens (primary N) is 1. The van der Waals surface area contributed by atoms with Crippen molar-refractivity contribution in [2.75, 3.05) is 32.7 Å². The van der Waals surface area contributed by atoms with E-state index in [1.165, 1.54) is 11.1 Å². The molecule has 106 valence electrons. The van der Waals surface area contributed by atoms with Gasteiger partial charge >= 0.3 is 0 Å². The molecular formula is C16H27N3. The van der Waals surface area contributed by atoms with Crippen LogP contribution in [0.1, 0.15) is 25.0 Å². The maximum absolute atomic E-state index is 5.86. The number of rotatable bonds is 4. The summed E-state index contributed by atoms with van der Waals surface area (Å²) in [6.07, 6.45) is 0.